The second-order valence-corrected chi connectivity index (χ2v) is 7.73. The Morgan fingerprint density at radius 3 is 2.54 bits per heavy atom. The van der Waals surface area contributed by atoms with Crippen molar-refractivity contribution in [2.75, 3.05) is 0 Å². The van der Waals surface area contributed by atoms with Crippen LogP contribution in [0.5, 0.6) is 0 Å². The Hall–Kier alpha value is -2.53. The minimum Gasteiger partial charge on any atom is -0.327 e. The fourth-order valence-electron chi connectivity index (χ4n) is 2.88. The SMILES string of the molecule is CCn1c([C@@H](C)NS(=O)(=O)c2ccccc2F)nc2cnc(C(F)(F)F)cc21. The summed E-state index contributed by atoms with van der Waals surface area (Å²) in [6, 6.07) is 4.82. The Kier molecular flexibility index (Phi) is 5.15. The lowest BCUT2D eigenvalue weighted by atomic mass is 10.3. The predicted molar refractivity (Wildman–Crippen MR) is 93.3 cm³/mol. The fraction of sp³-hybridized carbons (Fsp3) is 0.294. The van der Waals surface area contributed by atoms with Crippen molar-refractivity contribution in [2.24, 2.45) is 0 Å². The first-order valence-electron chi connectivity index (χ1n) is 8.25. The molecule has 0 unspecified atom stereocenters. The molecular weight excluding hydrogens is 400 g/mol. The van der Waals surface area contributed by atoms with Crippen LogP contribution in [0, 0.1) is 5.82 Å². The molecule has 28 heavy (non-hydrogen) atoms. The molecule has 3 aromatic rings. The summed E-state index contributed by atoms with van der Waals surface area (Å²) in [5, 5.41) is 0. The molecule has 1 atom stereocenters. The third-order valence-corrected chi connectivity index (χ3v) is 5.69. The first kappa shape index (κ1) is 20.2. The molecule has 0 saturated heterocycles. The van der Waals surface area contributed by atoms with Gasteiger partial charge in [0.1, 0.15) is 27.7 Å². The average molecular weight is 416 g/mol. The lowest BCUT2D eigenvalue weighted by molar-refractivity contribution is -0.141. The van der Waals surface area contributed by atoms with E-state index in [9.17, 15) is 26.0 Å². The molecule has 1 aromatic carbocycles. The Labute approximate surface area is 158 Å². The molecule has 2 aromatic heterocycles. The van der Waals surface area contributed by atoms with Crippen molar-refractivity contribution in [3.63, 3.8) is 0 Å². The number of hydrogen-bond donors (Lipinski definition) is 1. The number of alkyl halides is 3. The summed E-state index contributed by atoms with van der Waals surface area (Å²) in [6.45, 7) is 3.42. The molecule has 0 radical (unpaired) electrons. The summed E-state index contributed by atoms with van der Waals surface area (Å²) in [7, 11) is -4.21. The van der Waals surface area contributed by atoms with E-state index < -0.39 is 38.6 Å². The number of sulfonamides is 1. The van der Waals surface area contributed by atoms with E-state index in [-0.39, 0.29) is 23.4 Å². The first-order chi connectivity index (χ1) is 13.0. The van der Waals surface area contributed by atoms with Gasteiger partial charge >= 0.3 is 6.18 Å². The summed E-state index contributed by atoms with van der Waals surface area (Å²) in [4.78, 5) is 7.06. The normalized spacial score (nSPS) is 13.8. The van der Waals surface area contributed by atoms with Gasteiger partial charge in [-0.1, -0.05) is 12.1 Å². The van der Waals surface area contributed by atoms with Gasteiger partial charge in [0, 0.05) is 6.54 Å². The number of aryl methyl sites for hydroxylation is 1. The maximum Gasteiger partial charge on any atom is 0.433 e. The number of imidazole rings is 1. The molecule has 0 bridgehead atoms. The number of halogens is 4. The van der Waals surface area contributed by atoms with Crippen LogP contribution in [0.2, 0.25) is 0 Å². The number of aromatic nitrogens is 3. The molecule has 11 heteroatoms. The molecule has 1 N–H and O–H groups in total. The van der Waals surface area contributed by atoms with Crippen molar-refractivity contribution in [1.29, 1.82) is 0 Å². The minimum atomic E-state index is -4.62. The largest absolute Gasteiger partial charge is 0.433 e. The number of hydrogen-bond acceptors (Lipinski definition) is 4. The van der Waals surface area contributed by atoms with Crippen LogP contribution in [0.4, 0.5) is 17.6 Å². The van der Waals surface area contributed by atoms with Gasteiger partial charge in [0.15, 0.2) is 0 Å². The quantitative estimate of drug-likeness (QED) is 0.644. The summed E-state index contributed by atoms with van der Waals surface area (Å²) >= 11 is 0. The highest BCUT2D eigenvalue weighted by molar-refractivity contribution is 7.89. The van der Waals surface area contributed by atoms with Crippen molar-refractivity contribution >= 4 is 21.1 Å². The van der Waals surface area contributed by atoms with E-state index >= 15 is 0 Å². The first-order valence-corrected chi connectivity index (χ1v) is 9.73. The van der Waals surface area contributed by atoms with Crippen LogP contribution in [0.3, 0.4) is 0 Å². The molecule has 150 valence electrons. The molecule has 0 spiro atoms. The van der Waals surface area contributed by atoms with Gasteiger partial charge < -0.3 is 4.57 Å². The van der Waals surface area contributed by atoms with Gasteiger partial charge in [0.05, 0.1) is 17.8 Å². The molecule has 0 aliphatic rings. The Bertz CT molecular complexity index is 1130. The van der Waals surface area contributed by atoms with E-state index in [1.54, 1.807) is 6.92 Å². The Morgan fingerprint density at radius 2 is 1.93 bits per heavy atom. The standard InChI is InChI=1S/C17H16F4N4O2S/c1-3-25-13-8-15(17(19,20)21)22-9-12(13)23-16(25)10(2)24-28(26,27)14-7-5-4-6-11(14)18/h4-10,24H,3H2,1-2H3/t10-/m1/s1. The van der Waals surface area contributed by atoms with Crippen LogP contribution in [0.15, 0.2) is 41.4 Å². The van der Waals surface area contributed by atoms with Gasteiger partial charge in [-0.15, -0.1) is 0 Å². The molecule has 0 fully saturated rings. The predicted octanol–water partition coefficient (Wildman–Crippen LogP) is 3.65. The molecule has 0 amide bonds. The smallest absolute Gasteiger partial charge is 0.327 e. The van der Waals surface area contributed by atoms with Gasteiger partial charge in [0.2, 0.25) is 10.0 Å². The summed E-state index contributed by atoms with van der Waals surface area (Å²) in [5.41, 5.74) is -0.695. The van der Waals surface area contributed by atoms with Crippen molar-refractivity contribution in [1.82, 2.24) is 19.3 Å². The van der Waals surface area contributed by atoms with E-state index in [4.69, 9.17) is 0 Å². The molecule has 3 rings (SSSR count). The third-order valence-electron chi connectivity index (χ3n) is 4.12. The van der Waals surface area contributed by atoms with E-state index in [2.05, 4.69) is 14.7 Å². The molecule has 0 saturated carbocycles. The van der Waals surface area contributed by atoms with Crippen LogP contribution < -0.4 is 4.72 Å². The number of nitrogens with zero attached hydrogens (tertiary/aromatic N) is 3. The van der Waals surface area contributed by atoms with Crippen LogP contribution >= 0.6 is 0 Å². The zero-order valence-corrected chi connectivity index (χ0v) is 15.6. The lowest BCUT2D eigenvalue weighted by Crippen LogP contribution is -2.29. The van der Waals surface area contributed by atoms with E-state index in [0.29, 0.717) is 0 Å². The molecule has 6 nitrogen and oxygen atoms in total. The van der Waals surface area contributed by atoms with Gasteiger partial charge in [-0.3, -0.25) is 0 Å². The highest BCUT2D eigenvalue weighted by Gasteiger charge is 2.33. The zero-order valence-electron chi connectivity index (χ0n) is 14.8. The lowest BCUT2D eigenvalue weighted by Gasteiger charge is -2.16. The summed E-state index contributed by atoms with van der Waals surface area (Å²) in [5.74, 6) is -0.719. The Balaban J connectivity index is 2.02. The molecule has 2 heterocycles. The van der Waals surface area contributed by atoms with Crippen molar-refractivity contribution in [3.05, 3.63) is 53.9 Å². The monoisotopic (exact) mass is 416 g/mol. The summed E-state index contributed by atoms with van der Waals surface area (Å²) < 4.78 is 81.4. The number of nitrogens with one attached hydrogen (secondary N) is 1. The average Bonchev–Trinajstić information content (AvgIpc) is 2.98. The second-order valence-electron chi connectivity index (χ2n) is 6.04. The maximum atomic E-state index is 13.9. The number of rotatable bonds is 5. The van der Waals surface area contributed by atoms with E-state index in [1.165, 1.54) is 23.6 Å². The van der Waals surface area contributed by atoms with Crippen LogP contribution in [-0.2, 0) is 22.7 Å². The van der Waals surface area contributed by atoms with Gasteiger partial charge in [-0.2, -0.15) is 13.2 Å². The molecule has 0 aliphatic carbocycles. The number of benzene rings is 1. The Morgan fingerprint density at radius 1 is 1.25 bits per heavy atom. The highest BCUT2D eigenvalue weighted by atomic mass is 32.2. The maximum absolute atomic E-state index is 13.9. The van der Waals surface area contributed by atoms with Crippen LogP contribution in [-0.4, -0.2) is 23.0 Å². The fourth-order valence-corrected chi connectivity index (χ4v) is 4.16. The zero-order chi connectivity index (χ0) is 20.7. The second kappa shape index (κ2) is 7.13. The molecular formula is C17H16F4N4O2S. The van der Waals surface area contributed by atoms with Gasteiger partial charge in [-0.05, 0) is 32.0 Å². The van der Waals surface area contributed by atoms with Crippen LogP contribution in [0.25, 0.3) is 11.0 Å². The topological polar surface area (TPSA) is 76.9 Å². The van der Waals surface area contributed by atoms with E-state index in [1.807, 2.05) is 0 Å². The van der Waals surface area contributed by atoms with Crippen molar-refractivity contribution in [2.45, 2.75) is 37.5 Å². The number of pyridine rings is 1. The van der Waals surface area contributed by atoms with Gasteiger partial charge in [0.25, 0.3) is 0 Å². The van der Waals surface area contributed by atoms with Crippen molar-refractivity contribution < 1.29 is 26.0 Å². The van der Waals surface area contributed by atoms with Gasteiger partial charge in [-0.25, -0.2) is 27.5 Å². The molecule has 0 aliphatic heterocycles. The third kappa shape index (κ3) is 3.72. The number of fused-ring (bicyclic) bond motifs is 1. The van der Waals surface area contributed by atoms with Crippen LogP contribution in [0.1, 0.15) is 31.4 Å². The van der Waals surface area contributed by atoms with E-state index in [0.717, 1.165) is 24.4 Å². The minimum absolute atomic E-state index is 0.178. The highest BCUT2D eigenvalue weighted by Crippen LogP contribution is 2.30. The summed E-state index contributed by atoms with van der Waals surface area (Å²) in [6.07, 6.45) is -3.62. The van der Waals surface area contributed by atoms with Crippen molar-refractivity contribution in [3.8, 4) is 0 Å².